The molecule has 0 aliphatic heterocycles. The molecule has 0 saturated carbocycles. The number of carbonyl (C=O) groups excluding carboxylic acids is 1. The van der Waals surface area contributed by atoms with Crippen LogP contribution in [0, 0.1) is 0 Å². The lowest BCUT2D eigenvalue weighted by molar-refractivity contribution is -0.0512. The maximum absolute atomic E-state index is 12.5. The number of methoxy groups -OCH3 is 1. The first kappa shape index (κ1) is 17.7. The van der Waals surface area contributed by atoms with Gasteiger partial charge < -0.3 is 14.8 Å². The molecule has 0 radical (unpaired) electrons. The molecule has 0 saturated heterocycles. The number of hydrogen-bond donors (Lipinski definition) is 1. The number of halogens is 2. The molecule has 0 fully saturated rings. The number of nitrogens with zero attached hydrogens (tertiary/aromatic N) is 2. The maximum Gasteiger partial charge on any atom is 0.387 e. The predicted molar refractivity (Wildman–Crippen MR) is 84.8 cm³/mol. The zero-order chi connectivity index (χ0) is 17.7. The number of benzene rings is 1. The van der Waals surface area contributed by atoms with Gasteiger partial charge in [0.05, 0.1) is 19.3 Å². The Morgan fingerprint density at radius 2 is 2.08 bits per heavy atom. The third kappa shape index (κ3) is 4.01. The van der Waals surface area contributed by atoms with Crippen molar-refractivity contribution in [2.24, 2.45) is 0 Å². The van der Waals surface area contributed by atoms with Gasteiger partial charge >= 0.3 is 6.61 Å². The summed E-state index contributed by atoms with van der Waals surface area (Å²) in [5.74, 6) is -0.00426. The van der Waals surface area contributed by atoms with Gasteiger partial charge in [-0.25, -0.2) is 4.68 Å². The lowest BCUT2D eigenvalue weighted by atomic mass is 10.2. The Labute approximate surface area is 138 Å². The Hall–Kier alpha value is -2.64. The Balaban J connectivity index is 2.22. The lowest BCUT2D eigenvalue weighted by Gasteiger charge is -2.15. The minimum atomic E-state index is -3.01. The van der Waals surface area contributed by atoms with Crippen LogP contribution in [0.2, 0.25) is 0 Å². The highest BCUT2D eigenvalue weighted by atomic mass is 19.3. The van der Waals surface area contributed by atoms with Gasteiger partial charge in [-0.05, 0) is 31.5 Å². The zero-order valence-corrected chi connectivity index (χ0v) is 13.6. The Bertz CT molecular complexity index is 704. The average molecular weight is 339 g/mol. The molecular formula is C16H19F2N3O3. The van der Waals surface area contributed by atoms with Gasteiger partial charge in [0.25, 0.3) is 5.91 Å². The Morgan fingerprint density at radius 3 is 2.71 bits per heavy atom. The van der Waals surface area contributed by atoms with Gasteiger partial charge in [0.1, 0.15) is 5.82 Å². The van der Waals surface area contributed by atoms with E-state index in [2.05, 4.69) is 15.2 Å². The zero-order valence-electron chi connectivity index (χ0n) is 13.6. The Kier molecular flexibility index (Phi) is 5.73. The summed E-state index contributed by atoms with van der Waals surface area (Å²) in [6.07, 6.45) is 2.43. The minimum absolute atomic E-state index is 0.115. The van der Waals surface area contributed by atoms with E-state index in [0.29, 0.717) is 5.82 Å². The van der Waals surface area contributed by atoms with Crippen LogP contribution in [0.1, 0.15) is 36.7 Å². The molecule has 1 heterocycles. The molecule has 0 spiro atoms. The highest BCUT2D eigenvalue weighted by Gasteiger charge is 2.16. The van der Waals surface area contributed by atoms with E-state index in [1.54, 1.807) is 16.9 Å². The largest absolute Gasteiger partial charge is 0.493 e. The second-order valence-electron chi connectivity index (χ2n) is 5.12. The molecule has 1 aromatic heterocycles. The summed E-state index contributed by atoms with van der Waals surface area (Å²) >= 11 is 0. The van der Waals surface area contributed by atoms with Crippen molar-refractivity contribution in [3.63, 3.8) is 0 Å². The molecule has 6 nitrogen and oxygen atoms in total. The molecule has 0 bridgehead atoms. The fourth-order valence-corrected chi connectivity index (χ4v) is 2.13. The molecule has 2 rings (SSSR count). The molecule has 2 aromatic rings. The van der Waals surface area contributed by atoms with E-state index in [1.807, 2.05) is 13.8 Å². The summed E-state index contributed by atoms with van der Waals surface area (Å²) in [4.78, 5) is 12.4. The summed E-state index contributed by atoms with van der Waals surface area (Å²) in [5.41, 5.74) is 0.170. The van der Waals surface area contributed by atoms with Crippen molar-refractivity contribution in [1.29, 1.82) is 0 Å². The van der Waals surface area contributed by atoms with Crippen LogP contribution in [-0.2, 0) is 0 Å². The van der Waals surface area contributed by atoms with Gasteiger partial charge in [0.2, 0.25) is 0 Å². The van der Waals surface area contributed by atoms with Crippen LogP contribution >= 0.6 is 0 Å². The highest BCUT2D eigenvalue weighted by Crippen LogP contribution is 2.30. The number of anilines is 1. The van der Waals surface area contributed by atoms with Crippen LogP contribution in [-0.4, -0.2) is 29.4 Å². The second-order valence-corrected chi connectivity index (χ2v) is 5.12. The van der Waals surface area contributed by atoms with Crippen LogP contribution in [0.15, 0.2) is 30.5 Å². The van der Waals surface area contributed by atoms with E-state index >= 15 is 0 Å². The van der Waals surface area contributed by atoms with E-state index in [1.165, 1.54) is 25.3 Å². The van der Waals surface area contributed by atoms with Crippen molar-refractivity contribution in [3.8, 4) is 11.5 Å². The van der Waals surface area contributed by atoms with Crippen LogP contribution in [0.5, 0.6) is 11.5 Å². The number of aromatic nitrogens is 2. The molecule has 1 amide bonds. The third-order valence-corrected chi connectivity index (χ3v) is 3.56. The van der Waals surface area contributed by atoms with Crippen molar-refractivity contribution in [3.05, 3.63) is 36.0 Å². The summed E-state index contributed by atoms with van der Waals surface area (Å²) in [5, 5.41) is 6.89. The first-order valence-electron chi connectivity index (χ1n) is 7.44. The quantitative estimate of drug-likeness (QED) is 0.835. The van der Waals surface area contributed by atoms with E-state index in [-0.39, 0.29) is 23.1 Å². The average Bonchev–Trinajstić information content (AvgIpc) is 3.01. The smallest absolute Gasteiger partial charge is 0.387 e. The molecule has 8 heteroatoms. The van der Waals surface area contributed by atoms with Crippen molar-refractivity contribution >= 4 is 11.7 Å². The number of hydrogen-bond acceptors (Lipinski definition) is 4. The standard InChI is InChI=1S/C16H19F2N3O3/c1-4-10(2)21-14(7-8-19-21)20-15(22)11-5-6-12(23-3)13(9-11)24-16(17)18/h5-10,16H,4H2,1-3H3,(H,20,22)/t10-/m0/s1. The van der Waals surface area contributed by atoms with Gasteiger partial charge in [0.15, 0.2) is 11.5 Å². The highest BCUT2D eigenvalue weighted by molar-refractivity contribution is 6.04. The number of ether oxygens (including phenoxy) is 2. The van der Waals surface area contributed by atoms with Gasteiger partial charge in [0, 0.05) is 11.6 Å². The van der Waals surface area contributed by atoms with Gasteiger partial charge in [-0.2, -0.15) is 13.9 Å². The topological polar surface area (TPSA) is 65.4 Å². The molecule has 1 atom stereocenters. The van der Waals surface area contributed by atoms with Crippen LogP contribution in [0.3, 0.4) is 0 Å². The van der Waals surface area contributed by atoms with E-state index in [9.17, 15) is 13.6 Å². The normalized spacial score (nSPS) is 12.1. The number of alkyl halides is 2. The van der Waals surface area contributed by atoms with Gasteiger partial charge in [-0.15, -0.1) is 0 Å². The molecule has 0 unspecified atom stereocenters. The second kappa shape index (κ2) is 7.76. The number of amides is 1. The van der Waals surface area contributed by atoms with Crippen molar-refractivity contribution in [2.75, 3.05) is 12.4 Å². The molecular weight excluding hydrogens is 320 g/mol. The maximum atomic E-state index is 12.5. The third-order valence-electron chi connectivity index (χ3n) is 3.56. The first-order chi connectivity index (χ1) is 11.5. The Morgan fingerprint density at radius 1 is 1.33 bits per heavy atom. The monoisotopic (exact) mass is 339 g/mol. The van der Waals surface area contributed by atoms with E-state index < -0.39 is 12.5 Å². The van der Waals surface area contributed by atoms with Crippen molar-refractivity contribution < 1.29 is 23.0 Å². The van der Waals surface area contributed by atoms with Crippen LogP contribution < -0.4 is 14.8 Å². The summed E-state index contributed by atoms with van der Waals surface area (Å²) in [6.45, 7) is 0.976. The predicted octanol–water partition coefficient (Wildman–Crippen LogP) is 3.72. The van der Waals surface area contributed by atoms with Gasteiger partial charge in [-0.1, -0.05) is 6.92 Å². The molecule has 0 aliphatic rings. The first-order valence-corrected chi connectivity index (χ1v) is 7.44. The fraction of sp³-hybridized carbons (Fsp3) is 0.375. The molecule has 0 aliphatic carbocycles. The van der Waals surface area contributed by atoms with Crippen molar-refractivity contribution in [2.45, 2.75) is 32.9 Å². The number of rotatable bonds is 7. The molecule has 1 aromatic carbocycles. The summed E-state index contributed by atoms with van der Waals surface area (Å²) < 4.78 is 36.0. The molecule has 1 N–H and O–H groups in total. The van der Waals surface area contributed by atoms with E-state index in [4.69, 9.17) is 4.74 Å². The fourth-order valence-electron chi connectivity index (χ4n) is 2.13. The van der Waals surface area contributed by atoms with Crippen LogP contribution in [0.4, 0.5) is 14.6 Å². The SMILES string of the molecule is CC[C@H](C)n1nccc1NC(=O)c1ccc(OC)c(OC(F)F)c1. The minimum Gasteiger partial charge on any atom is -0.493 e. The lowest BCUT2D eigenvalue weighted by Crippen LogP contribution is -2.17. The van der Waals surface area contributed by atoms with E-state index in [0.717, 1.165) is 6.42 Å². The van der Waals surface area contributed by atoms with Gasteiger partial charge in [-0.3, -0.25) is 4.79 Å². The number of carbonyl (C=O) groups is 1. The molecule has 24 heavy (non-hydrogen) atoms. The van der Waals surface area contributed by atoms with Crippen molar-refractivity contribution in [1.82, 2.24) is 9.78 Å². The molecule has 130 valence electrons. The van der Waals surface area contributed by atoms with Crippen LogP contribution in [0.25, 0.3) is 0 Å². The summed E-state index contributed by atoms with van der Waals surface area (Å²) in [7, 11) is 1.33. The summed E-state index contributed by atoms with van der Waals surface area (Å²) in [6, 6.07) is 5.87. The number of nitrogens with one attached hydrogen (secondary N) is 1.